The van der Waals surface area contributed by atoms with Gasteiger partial charge in [-0.3, -0.25) is 0 Å². The zero-order valence-electron chi connectivity index (χ0n) is 11.3. The van der Waals surface area contributed by atoms with Gasteiger partial charge in [0.1, 0.15) is 0 Å². The Kier molecular flexibility index (Phi) is 5.18. The zero-order valence-corrected chi connectivity index (χ0v) is 11.3. The molecule has 2 N–H and O–H groups in total. The number of benzene rings is 1. The maximum atomic E-state index is 6.01. The van der Waals surface area contributed by atoms with Gasteiger partial charge in [-0.1, -0.05) is 24.3 Å². The van der Waals surface area contributed by atoms with Crippen LogP contribution >= 0.6 is 0 Å². The standard InChI is InChI=1S/C14H21N3O2/c1-18-11-13-5-3-2-4-12(13)10-16-14(15)17-6-8-19-9-7-17/h2-5H,6-11H2,1H3,(H2,15,16). The van der Waals surface area contributed by atoms with Crippen LogP contribution in [0.4, 0.5) is 0 Å². The average Bonchev–Trinajstić information content (AvgIpc) is 2.47. The largest absolute Gasteiger partial charge is 0.380 e. The third-order valence-electron chi connectivity index (χ3n) is 3.16. The van der Waals surface area contributed by atoms with Gasteiger partial charge in [-0.15, -0.1) is 0 Å². The molecule has 2 rings (SSSR count). The Balaban J connectivity index is 2.00. The number of aliphatic imine (C=N–C) groups is 1. The van der Waals surface area contributed by atoms with Gasteiger partial charge in [0.25, 0.3) is 0 Å². The van der Waals surface area contributed by atoms with Crippen molar-refractivity contribution < 1.29 is 9.47 Å². The minimum absolute atomic E-state index is 0.586. The molecule has 0 unspecified atom stereocenters. The number of nitrogens with two attached hydrogens (primary N) is 1. The fourth-order valence-electron chi connectivity index (χ4n) is 2.07. The third kappa shape index (κ3) is 3.94. The molecule has 104 valence electrons. The normalized spacial score (nSPS) is 16.7. The molecule has 1 aliphatic rings. The van der Waals surface area contributed by atoms with Gasteiger partial charge in [0.2, 0.25) is 0 Å². The second-order valence-electron chi connectivity index (χ2n) is 4.48. The summed E-state index contributed by atoms with van der Waals surface area (Å²) in [6.07, 6.45) is 0. The Labute approximate surface area is 114 Å². The summed E-state index contributed by atoms with van der Waals surface area (Å²) in [7, 11) is 1.70. The van der Waals surface area contributed by atoms with Crippen LogP contribution in [0.15, 0.2) is 29.3 Å². The topological polar surface area (TPSA) is 60.1 Å². The maximum Gasteiger partial charge on any atom is 0.191 e. The van der Waals surface area contributed by atoms with E-state index in [1.165, 1.54) is 0 Å². The monoisotopic (exact) mass is 263 g/mol. The number of morpholine rings is 1. The molecule has 1 heterocycles. The van der Waals surface area contributed by atoms with E-state index in [4.69, 9.17) is 15.2 Å². The molecule has 0 saturated carbocycles. The summed E-state index contributed by atoms with van der Waals surface area (Å²) in [4.78, 5) is 6.53. The Bertz CT molecular complexity index is 428. The summed E-state index contributed by atoms with van der Waals surface area (Å²) in [6.45, 7) is 4.25. The highest BCUT2D eigenvalue weighted by Crippen LogP contribution is 2.11. The highest BCUT2D eigenvalue weighted by Gasteiger charge is 2.12. The average molecular weight is 263 g/mol. The first-order valence-electron chi connectivity index (χ1n) is 6.49. The lowest BCUT2D eigenvalue weighted by Crippen LogP contribution is -2.44. The van der Waals surface area contributed by atoms with Crippen molar-refractivity contribution in [1.82, 2.24) is 4.90 Å². The Hall–Kier alpha value is -1.59. The van der Waals surface area contributed by atoms with E-state index in [1.807, 2.05) is 12.1 Å². The van der Waals surface area contributed by atoms with Crippen LogP contribution in [0.3, 0.4) is 0 Å². The van der Waals surface area contributed by atoms with Crippen molar-refractivity contribution in [2.24, 2.45) is 10.7 Å². The minimum atomic E-state index is 0.586. The zero-order chi connectivity index (χ0) is 13.5. The highest BCUT2D eigenvalue weighted by molar-refractivity contribution is 5.78. The lowest BCUT2D eigenvalue weighted by molar-refractivity contribution is 0.0674. The smallest absolute Gasteiger partial charge is 0.191 e. The number of hydrogen-bond acceptors (Lipinski definition) is 3. The minimum Gasteiger partial charge on any atom is -0.380 e. The summed E-state index contributed by atoms with van der Waals surface area (Å²) in [5, 5.41) is 0. The van der Waals surface area contributed by atoms with E-state index < -0.39 is 0 Å². The Morgan fingerprint density at radius 3 is 2.68 bits per heavy atom. The first kappa shape index (κ1) is 13.8. The molecular formula is C14H21N3O2. The lowest BCUT2D eigenvalue weighted by atomic mass is 10.1. The summed E-state index contributed by atoms with van der Waals surface area (Å²) in [5.74, 6) is 0.593. The van der Waals surface area contributed by atoms with Crippen molar-refractivity contribution >= 4 is 5.96 Å². The van der Waals surface area contributed by atoms with E-state index in [9.17, 15) is 0 Å². The van der Waals surface area contributed by atoms with E-state index >= 15 is 0 Å². The molecule has 0 aliphatic carbocycles. The van der Waals surface area contributed by atoms with E-state index in [1.54, 1.807) is 7.11 Å². The molecule has 1 aliphatic heterocycles. The van der Waals surface area contributed by atoms with Crippen molar-refractivity contribution in [2.45, 2.75) is 13.2 Å². The first-order valence-corrected chi connectivity index (χ1v) is 6.49. The van der Waals surface area contributed by atoms with Crippen LogP contribution in [0.1, 0.15) is 11.1 Å². The molecule has 5 heteroatoms. The lowest BCUT2D eigenvalue weighted by Gasteiger charge is -2.27. The summed E-state index contributed by atoms with van der Waals surface area (Å²) in [5.41, 5.74) is 8.32. The van der Waals surface area contributed by atoms with Gasteiger partial charge in [-0.05, 0) is 11.1 Å². The molecule has 1 saturated heterocycles. The third-order valence-corrected chi connectivity index (χ3v) is 3.16. The SMILES string of the molecule is COCc1ccccc1CN=C(N)N1CCOCC1. The fourth-order valence-corrected chi connectivity index (χ4v) is 2.07. The molecule has 0 bridgehead atoms. The van der Waals surface area contributed by atoms with Gasteiger partial charge in [-0.2, -0.15) is 0 Å². The number of rotatable bonds is 4. The highest BCUT2D eigenvalue weighted by atomic mass is 16.5. The molecular weight excluding hydrogens is 242 g/mol. The maximum absolute atomic E-state index is 6.01. The molecule has 1 aromatic carbocycles. The number of guanidine groups is 1. The van der Waals surface area contributed by atoms with E-state index in [0.717, 1.165) is 37.4 Å². The van der Waals surface area contributed by atoms with Gasteiger partial charge in [-0.25, -0.2) is 4.99 Å². The van der Waals surface area contributed by atoms with Crippen LogP contribution in [-0.2, 0) is 22.6 Å². The second kappa shape index (κ2) is 7.11. The van der Waals surface area contributed by atoms with Gasteiger partial charge in [0.15, 0.2) is 5.96 Å². The van der Waals surface area contributed by atoms with Gasteiger partial charge < -0.3 is 20.1 Å². The van der Waals surface area contributed by atoms with Crippen molar-refractivity contribution in [3.8, 4) is 0 Å². The number of hydrogen-bond donors (Lipinski definition) is 1. The predicted molar refractivity (Wildman–Crippen MR) is 74.9 cm³/mol. The number of ether oxygens (including phenoxy) is 2. The quantitative estimate of drug-likeness (QED) is 0.650. The number of nitrogens with zero attached hydrogens (tertiary/aromatic N) is 2. The molecule has 0 atom stereocenters. The van der Waals surface area contributed by atoms with E-state index in [0.29, 0.717) is 19.1 Å². The molecule has 0 amide bonds. The van der Waals surface area contributed by atoms with Crippen molar-refractivity contribution in [1.29, 1.82) is 0 Å². The van der Waals surface area contributed by atoms with Crippen LogP contribution in [0.2, 0.25) is 0 Å². The van der Waals surface area contributed by atoms with Crippen molar-refractivity contribution in [3.63, 3.8) is 0 Å². The van der Waals surface area contributed by atoms with Crippen LogP contribution in [0, 0.1) is 0 Å². The van der Waals surface area contributed by atoms with Gasteiger partial charge >= 0.3 is 0 Å². The van der Waals surface area contributed by atoms with Gasteiger partial charge in [0.05, 0.1) is 26.4 Å². The molecule has 5 nitrogen and oxygen atoms in total. The second-order valence-corrected chi connectivity index (χ2v) is 4.48. The summed E-state index contributed by atoms with van der Waals surface area (Å²) in [6, 6.07) is 8.13. The van der Waals surface area contributed by atoms with Crippen molar-refractivity contribution in [2.75, 3.05) is 33.4 Å². The Morgan fingerprint density at radius 1 is 1.32 bits per heavy atom. The molecule has 0 aromatic heterocycles. The fraction of sp³-hybridized carbons (Fsp3) is 0.500. The molecule has 1 fully saturated rings. The predicted octanol–water partition coefficient (Wildman–Crippen LogP) is 0.980. The van der Waals surface area contributed by atoms with Gasteiger partial charge in [0, 0.05) is 20.2 Å². The Morgan fingerprint density at radius 2 is 2.00 bits per heavy atom. The van der Waals surface area contributed by atoms with Crippen LogP contribution in [-0.4, -0.2) is 44.3 Å². The summed E-state index contributed by atoms with van der Waals surface area (Å²) < 4.78 is 10.5. The van der Waals surface area contributed by atoms with E-state index in [-0.39, 0.29) is 0 Å². The number of methoxy groups -OCH3 is 1. The molecule has 0 radical (unpaired) electrons. The van der Waals surface area contributed by atoms with Crippen LogP contribution in [0.25, 0.3) is 0 Å². The first-order chi connectivity index (χ1) is 9.31. The summed E-state index contributed by atoms with van der Waals surface area (Å²) >= 11 is 0. The molecule has 0 spiro atoms. The van der Waals surface area contributed by atoms with E-state index in [2.05, 4.69) is 22.0 Å². The van der Waals surface area contributed by atoms with Crippen molar-refractivity contribution in [3.05, 3.63) is 35.4 Å². The van der Waals surface area contributed by atoms with Crippen LogP contribution in [0.5, 0.6) is 0 Å². The molecule has 1 aromatic rings. The molecule has 19 heavy (non-hydrogen) atoms. The van der Waals surface area contributed by atoms with Crippen LogP contribution < -0.4 is 5.73 Å².